The standard InChI is InChI=1S/C28H29NO5/c1-5-18-10-12-19(13-11-18)25-24(26(30)21-9-7-6-8-17(21)2)27(31)28(32)29(25)20-14-15-22(33-3)23(16-20)34-4/h6-16,24-25,27,31H,5H2,1-4H3. The molecule has 3 atom stereocenters. The van der Waals surface area contributed by atoms with Crippen LogP contribution in [0.1, 0.15) is 40.0 Å². The van der Waals surface area contributed by atoms with Gasteiger partial charge in [-0.3, -0.25) is 9.59 Å². The predicted molar refractivity (Wildman–Crippen MR) is 131 cm³/mol. The Hall–Kier alpha value is -3.64. The van der Waals surface area contributed by atoms with E-state index in [1.54, 1.807) is 30.3 Å². The SMILES string of the molecule is CCc1ccc(C2C(C(=O)c3ccccc3C)C(O)C(=O)N2c2ccc(OC)c(OC)c2)cc1. The Morgan fingerprint density at radius 1 is 0.971 bits per heavy atom. The van der Waals surface area contributed by atoms with Crippen molar-refractivity contribution in [1.82, 2.24) is 0 Å². The molecular weight excluding hydrogens is 430 g/mol. The lowest BCUT2D eigenvalue weighted by molar-refractivity contribution is -0.124. The Morgan fingerprint density at radius 2 is 1.65 bits per heavy atom. The Morgan fingerprint density at radius 3 is 2.26 bits per heavy atom. The summed E-state index contributed by atoms with van der Waals surface area (Å²) in [5, 5.41) is 11.1. The van der Waals surface area contributed by atoms with Crippen LogP contribution in [0.4, 0.5) is 5.69 Å². The van der Waals surface area contributed by atoms with Crippen molar-refractivity contribution in [2.75, 3.05) is 19.1 Å². The zero-order valence-corrected chi connectivity index (χ0v) is 19.8. The summed E-state index contributed by atoms with van der Waals surface area (Å²) in [4.78, 5) is 28.7. The minimum atomic E-state index is -1.48. The number of aliphatic hydroxyl groups excluding tert-OH is 1. The maximum atomic E-state index is 13.7. The molecule has 0 aromatic heterocycles. The molecule has 0 radical (unpaired) electrons. The lowest BCUT2D eigenvalue weighted by Crippen LogP contribution is -2.30. The molecule has 6 heteroatoms. The van der Waals surface area contributed by atoms with E-state index in [4.69, 9.17) is 9.47 Å². The predicted octanol–water partition coefficient (Wildman–Crippen LogP) is 4.52. The number of hydrogen-bond acceptors (Lipinski definition) is 5. The minimum Gasteiger partial charge on any atom is -0.493 e. The Balaban J connectivity index is 1.87. The van der Waals surface area contributed by atoms with Crippen molar-refractivity contribution >= 4 is 17.4 Å². The third-order valence-electron chi connectivity index (χ3n) is 6.54. The molecule has 1 aliphatic rings. The van der Waals surface area contributed by atoms with Crippen LogP contribution in [0.3, 0.4) is 0 Å². The molecule has 0 aliphatic carbocycles. The van der Waals surface area contributed by atoms with Crippen LogP contribution in [0, 0.1) is 12.8 Å². The number of benzene rings is 3. The Labute approximate surface area is 199 Å². The summed E-state index contributed by atoms with van der Waals surface area (Å²) in [6.07, 6.45) is -0.603. The van der Waals surface area contributed by atoms with Gasteiger partial charge < -0.3 is 19.5 Å². The molecule has 0 saturated carbocycles. The fourth-order valence-corrected chi connectivity index (χ4v) is 4.65. The van der Waals surface area contributed by atoms with Crippen molar-refractivity contribution in [3.63, 3.8) is 0 Å². The van der Waals surface area contributed by atoms with Gasteiger partial charge in [0.05, 0.1) is 26.2 Å². The van der Waals surface area contributed by atoms with E-state index in [0.717, 1.165) is 23.1 Å². The van der Waals surface area contributed by atoms with Gasteiger partial charge >= 0.3 is 0 Å². The molecule has 1 fully saturated rings. The first-order chi connectivity index (χ1) is 16.4. The number of hydrogen-bond donors (Lipinski definition) is 1. The molecule has 1 saturated heterocycles. The van der Waals surface area contributed by atoms with E-state index in [2.05, 4.69) is 6.92 Å². The normalized spacial score (nSPS) is 19.9. The second-order valence-corrected chi connectivity index (χ2v) is 8.44. The van der Waals surface area contributed by atoms with Crippen LogP contribution in [-0.2, 0) is 11.2 Å². The van der Waals surface area contributed by atoms with E-state index in [1.165, 1.54) is 19.1 Å². The summed E-state index contributed by atoms with van der Waals surface area (Å²) >= 11 is 0. The van der Waals surface area contributed by atoms with E-state index >= 15 is 0 Å². The highest BCUT2D eigenvalue weighted by molar-refractivity contribution is 6.10. The van der Waals surface area contributed by atoms with Gasteiger partial charge in [0.2, 0.25) is 0 Å². The Kier molecular flexibility index (Phi) is 6.70. The van der Waals surface area contributed by atoms with Gasteiger partial charge in [-0.25, -0.2) is 0 Å². The molecule has 34 heavy (non-hydrogen) atoms. The summed E-state index contributed by atoms with van der Waals surface area (Å²) in [5.74, 6) is -0.768. The number of ketones is 1. The number of anilines is 1. The number of amides is 1. The van der Waals surface area contributed by atoms with Crippen molar-refractivity contribution < 1.29 is 24.2 Å². The van der Waals surface area contributed by atoms with Crippen LogP contribution in [0.5, 0.6) is 11.5 Å². The molecule has 1 heterocycles. The van der Waals surface area contributed by atoms with Crippen molar-refractivity contribution in [3.05, 3.63) is 89.0 Å². The number of carbonyl (C=O) groups is 2. The van der Waals surface area contributed by atoms with Crippen LogP contribution < -0.4 is 14.4 Å². The second-order valence-electron chi connectivity index (χ2n) is 8.44. The molecule has 4 rings (SSSR count). The molecule has 6 nitrogen and oxygen atoms in total. The van der Waals surface area contributed by atoms with E-state index in [1.807, 2.05) is 43.3 Å². The number of ether oxygens (including phenoxy) is 2. The maximum absolute atomic E-state index is 13.7. The summed E-state index contributed by atoms with van der Waals surface area (Å²) in [7, 11) is 3.06. The van der Waals surface area contributed by atoms with Crippen LogP contribution in [0.25, 0.3) is 0 Å². The average molecular weight is 460 g/mol. The van der Waals surface area contributed by atoms with E-state index in [0.29, 0.717) is 22.7 Å². The molecule has 3 aromatic carbocycles. The third-order valence-corrected chi connectivity index (χ3v) is 6.54. The van der Waals surface area contributed by atoms with Crippen molar-refractivity contribution in [1.29, 1.82) is 0 Å². The summed E-state index contributed by atoms with van der Waals surface area (Å²) < 4.78 is 10.8. The highest BCUT2D eigenvalue weighted by atomic mass is 16.5. The van der Waals surface area contributed by atoms with Crippen molar-refractivity contribution in [2.45, 2.75) is 32.4 Å². The number of methoxy groups -OCH3 is 2. The smallest absolute Gasteiger partial charge is 0.257 e. The largest absolute Gasteiger partial charge is 0.493 e. The number of rotatable bonds is 7. The van der Waals surface area contributed by atoms with Gasteiger partial charge in [0.1, 0.15) is 6.10 Å². The van der Waals surface area contributed by atoms with Gasteiger partial charge in [-0.05, 0) is 42.2 Å². The number of nitrogens with zero attached hydrogens (tertiary/aromatic N) is 1. The number of carbonyl (C=O) groups excluding carboxylic acids is 2. The van der Waals surface area contributed by atoms with Crippen molar-refractivity contribution in [2.24, 2.45) is 5.92 Å². The molecule has 3 unspecified atom stereocenters. The molecule has 1 amide bonds. The maximum Gasteiger partial charge on any atom is 0.257 e. The number of aliphatic hydroxyl groups is 1. The Bertz CT molecular complexity index is 1200. The molecule has 1 aliphatic heterocycles. The first-order valence-corrected chi connectivity index (χ1v) is 11.3. The third kappa shape index (κ3) is 4.05. The minimum absolute atomic E-state index is 0.258. The number of aryl methyl sites for hydroxylation is 2. The molecule has 176 valence electrons. The number of Topliss-reactive ketones (excluding diaryl/α,β-unsaturated/α-hetero) is 1. The van der Waals surface area contributed by atoms with Gasteiger partial charge in [-0.2, -0.15) is 0 Å². The zero-order valence-electron chi connectivity index (χ0n) is 19.8. The summed E-state index contributed by atoms with van der Waals surface area (Å²) in [6.45, 7) is 3.92. The van der Waals surface area contributed by atoms with Gasteiger partial charge in [-0.1, -0.05) is 55.5 Å². The lowest BCUT2D eigenvalue weighted by Gasteiger charge is -2.29. The van der Waals surface area contributed by atoms with Gasteiger partial charge in [0.15, 0.2) is 17.3 Å². The van der Waals surface area contributed by atoms with Crippen LogP contribution in [-0.4, -0.2) is 37.1 Å². The van der Waals surface area contributed by atoms with Crippen LogP contribution >= 0.6 is 0 Å². The van der Waals surface area contributed by atoms with Gasteiger partial charge in [-0.15, -0.1) is 0 Å². The fraction of sp³-hybridized carbons (Fsp3) is 0.286. The highest BCUT2D eigenvalue weighted by Crippen LogP contribution is 2.45. The summed E-state index contributed by atoms with van der Waals surface area (Å²) in [5.41, 5.74) is 3.75. The fourth-order valence-electron chi connectivity index (χ4n) is 4.65. The monoisotopic (exact) mass is 459 g/mol. The first-order valence-electron chi connectivity index (χ1n) is 11.3. The zero-order chi connectivity index (χ0) is 24.4. The molecule has 0 bridgehead atoms. The van der Waals surface area contributed by atoms with E-state index in [9.17, 15) is 14.7 Å². The quantitative estimate of drug-likeness (QED) is 0.526. The van der Waals surface area contributed by atoms with E-state index in [-0.39, 0.29) is 5.78 Å². The molecule has 0 spiro atoms. The van der Waals surface area contributed by atoms with E-state index < -0.39 is 24.0 Å². The van der Waals surface area contributed by atoms with Crippen LogP contribution in [0.15, 0.2) is 66.7 Å². The summed E-state index contributed by atoms with van der Waals surface area (Å²) in [6, 6.07) is 19.6. The average Bonchev–Trinajstić information content (AvgIpc) is 3.13. The van der Waals surface area contributed by atoms with Gasteiger partial charge in [0, 0.05) is 17.3 Å². The van der Waals surface area contributed by atoms with Crippen LogP contribution in [0.2, 0.25) is 0 Å². The molecule has 3 aromatic rings. The van der Waals surface area contributed by atoms with Gasteiger partial charge in [0.25, 0.3) is 5.91 Å². The molecule has 1 N–H and O–H groups in total. The highest BCUT2D eigenvalue weighted by Gasteiger charge is 2.52. The second kappa shape index (κ2) is 9.69. The lowest BCUT2D eigenvalue weighted by atomic mass is 9.84. The molecular formula is C28H29NO5. The van der Waals surface area contributed by atoms with Crippen molar-refractivity contribution in [3.8, 4) is 11.5 Å². The first kappa shape index (κ1) is 23.5. The topological polar surface area (TPSA) is 76.1 Å².